The normalized spacial score (nSPS) is 12.1. The number of ether oxygens (including phenoxy) is 1. The minimum Gasteiger partial charge on any atom is -0.467 e. The molecule has 1 aromatic heterocycles. The Labute approximate surface area is 113 Å². The van der Waals surface area contributed by atoms with Gasteiger partial charge in [0.2, 0.25) is 5.91 Å². The zero-order chi connectivity index (χ0) is 14.6. The predicted molar refractivity (Wildman–Crippen MR) is 70.7 cm³/mol. The largest absolute Gasteiger partial charge is 0.467 e. The Morgan fingerprint density at radius 2 is 2.05 bits per heavy atom. The first-order chi connectivity index (χ1) is 8.90. The molecule has 0 aliphatic heterocycles. The highest BCUT2D eigenvalue weighted by atomic mass is 16.5. The van der Waals surface area contributed by atoms with Gasteiger partial charge in [-0.1, -0.05) is 6.92 Å². The van der Waals surface area contributed by atoms with Gasteiger partial charge in [-0.05, 0) is 25.8 Å². The predicted octanol–water partition coefficient (Wildman–Crippen LogP) is 0.740. The summed E-state index contributed by atoms with van der Waals surface area (Å²) in [6, 6.07) is -0.717. The fourth-order valence-electron chi connectivity index (χ4n) is 2.16. The van der Waals surface area contributed by atoms with E-state index in [1.165, 1.54) is 19.6 Å². The van der Waals surface area contributed by atoms with Crippen molar-refractivity contribution in [1.82, 2.24) is 15.1 Å². The molecule has 6 nitrogen and oxygen atoms in total. The standard InChI is InChI=1S/C13H21N3O3/c1-6-11-8(2)15-16(9(11)3)7-12(13(18)19-5)14-10(4)17/h12H,6-7H2,1-5H3,(H,14,17). The molecule has 0 fully saturated rings. The summed E-state index contributed by atoms with van der Waals surface area (Å²) in [5.74, 6) is -0.742. The molecule has 19 heavy (non-hydrogen) atoms. The molecular weight excluding hydrogens is 246 g/mol. The maximum atomic E-state index is 11.6. The molecule has 0 spiro atoms. The number of rotatable bonds is 5. The van der Waals surface area contributed by atoms with Crippen LogP contribution in [0, 0.1) is 13.8 Å². The van der Waals surface area contributed by atoms with E-state index in [1.807, 2.05) is 13.8 Å². The molecule has 6 heteroatoms. The van der Waals surface area contributed by atoms with Gasteiger partial charge in [-0.3, -0.25) is 9.48 Å². The van der Waals surface area contributed by atoms with Crippen LogP contribution in [-0.4, -0.2) is 34.8 Å². The van der Waals surface area contributed by atoms with Crippen molar-refractivity contribution in [3.8, 4) is 0 Å². The summed E-state index contributed by atoms with van der Waals surface area (Å²) in [5.41, 5.74) is 3.14. The second-order valence-corrected chi connectivity index (χ2v) is 4.46. The number of hydrogen-bond donors (Lipinski definition) is 1. The number of aromatic nitrogens is 2. The molecule has 0 aliphatic rings. The summed E-state index contributed by atoms with van der Waals surface area (Å²) in [6.45, 7) is 7.61. The third-order valence-electron chi connectivity index (χ3n) is 3.10. The van der Waals surface area contributed by atoms with Crippen molar-refractivity contribution in [2.75, 3.05) is 7.11 Å². The van der Waals surface area contributed by atoms with Crippen LogP contribution in [0.5, 0.6) is 0 Å². The number of aryl methyl sites for hydroxylation is 1. The first-order valence-electron chi connectivity index (χ1n) is 6.28. The molecule has 1 heterocycles. The molecule has 106 valence electrons. The van der Waals surface area contributed by atoms with E-state index in [1.54, 1.807) is 4.68 Å². The molecular formula is C13H21N3O3. The molecule has 1 N–H and O–H groups in total. The maximum Gasteiger partial charge on any atom is 0.330 e. The molecule has 0 bridgehead atoms. The summed E-state index contributed by atoms with van der Waals surface area (Å²) in [4.78, 5) is 22.8. The van der Waals surface area contributed by atoms with Crippen molar-refractivity contribution >= 4 is 11.9 Å². The van der Waals surface area contributed by atoms with Crippen LogP contribution >= 0.6 is 0 Å². The molecule has 1 atom stereocenters. The van der Waals surface area contributed by atoms with E-state index in [4.69, 9.17) is 4.74 Å². The Morgan fingerprint density at radius 1 is 1.42 bits per heavy atom. The Kier molecular flexibility index (Phi) is 5.09. The average Bonchev–Trinajstić information content (AvgIpc) is 2.61. The fraction of sp³-hybridized carbons (Fsp3) is 0.615. The van der Waals surface area contributed by atoms with E-state index in [0.29, 0.717) is 0 Å². The highest BCUT2D eigenvalue weighted by Gasteiger charge is 2.22. The number of nitrogens with zero attached hydrogens (tertiary/aromatic N) is 2. The lowest BCUT2D eigenvalue weighted by Gasteiger charge is -2.16. The number of nitrogens with one attached hydrogen (secondary N) is 1. The molecule has 0 radical (unpaired) electrons. The molecule has 0 aromatic carbocycles. The minimum atomic E-state index is -0.717. The average molecular weight is 267 g/mol. The van der Waals surface area contributed by atoms with Gasteiger partial charge < -0.3 is 10.1 Å². The summed E-state index contributed by atoms with van der Waals surface area (Å²) in [6.07, 6.45) is 0.890. The van der Waals surface area contributed by atoms with Gasteiger partial charge >= 0.3 is 5.97 Å². The molecule has 1 aromatic rings. The lowest BCUT2D eigenvalue weighted by molar-refractivity contribution is -0.145. The SMILES string of the molecule is CCc1c(C)nn(CC(NC(C)=O)C(=O)OC)c1C. The first kappa shape index (κ1) is 15.2. The number of carbonyl (C=O) groups is 2. The Bertz CT molecular complexity index is 480. The van der Waals surface area contributed by atoms with E-state index in [2.05, 4.69) is 17.3 Å². The van der Waals surface area contributed by atoms with Crippen LogP contribution in [0.25, 0.3) is 0 Å². The number of methoxy groups -OCH3 is 1. The van der Waals surface area contributed by atoms with Gasteiger partial charge in [-0.15, -0.1) is 0 Å². The van der Waals surface area contributed by atoms with Gasteiger partial charge in [-0.25, -0.2) is 4.79 Å². The van der Waals surface area contributed by atoms with Gasteiger partial charge in [0.15, 0.2) is 0 Å². The van der Waals surface area contributed by atoms with Crippen molar-refractivity contribution in [2.24, 2.45) is 0 Å². The summed E-state index contributed by atoms with van der Waals surface area (Å²) < 4.78 is 6.44. The van der Waals surface area contributed by atoms with E-state index in [9.17, 15) is 9.59 Å². The van der Waals surface area contributed by atoms with Crippen molar-refractivity contribution in [3.63, 3.8) is 0 Å². The second kappa shape index (κ2) is 6.36. The molecule has 1 rings (SSSR count). The summed E-state index contributed by atoms with van der Waals surface area (Å²) >= 11 is 0. The number of hydrogen-bond acceptors (Lipinski definition) is 4. The van der Waals surface area contributed by atoms with Gasteiger partial charge in [-0.2, -0.15) is 5.10 Å². The highest BCUT2D eigenvalue weighted by Crippen LogP contribution is 2.14. The van der Waals surface area contributed by atoms with Gasteiger partial charge in [0.1, 0.15) is 6.04 Å². The lowest BCUT2D eigenvalue weighted by atomic mass is 10.1. The zero-order valence-corrected chi connectivity index (χ0v) is 12.1. The third-order valence-corrected chi connectivity index (χ3v) is 3.10. The second-order valence-electron chi connectivity index (χ2n) is 4.46. The monoisotopic (exact) mass is 267 g/mol. The smallest absolute Gasteiger partial charge is 0.330 e. The quantitative estimate of drug-likeness (QED) is 0.799. The van der Waals surface area contributed by atoms with Crippen LogP contribution in [0.15, 0.2) is 0 Å². The molecule has 1 unspecified atom stereocenters. The van der Waals surface area contributed by atoms with E-state index < -0.39 is 12.0 Å². The number of carbonyl (C=O) groups excluding carboxylic acids is 2. The Hall–Kier alpha value is -1.85. The maximum absolute atomic E-state index is 11.6. The fourth-order valence-corrected chi connectivity index (χ4v) is 2.16. The summed E-state index contributed by atoms with van der Waals surface area (Å²) in [5, 5.41) is 6.98. The van der Waals surface area contributed by atoms with Crippen LogP contribution in [0.3, 0.4) is 0 Å². The minimum absolute atomic E-state index is 0.271. The van der Waals surface area contributed by atoms with E-state index in [0.717, 1.165) is 17.8 Å². The van der Waals surface area contributed by atoms with E-state index in [-0.39, 0.29) is 12.5 Å². The first-order valence-corrected chi connectivity index (χ1v) is 6.28. The Morgan fingerprint density at radius 3 is 2.47 bits per heavy atom. The van der Waals surface area contributed by atoms with Crippen LogP contribution < -0.4 is 5.32 Å². The molecule has 1 amide bonds. The molecule has 0 saturated heterocycles. The third kappa shape index (κ3) is 3.56. The van der Waals surface area contributed by atoms with Crippen molar-refractivity contribution in [3.05, 3.63) is 17.0 Å². The van der Waals surface area contributed by atoms with Gasteiger partial charge in [0.25, 0.3) is 0 Å². The van der Waals surface area contributed by atoms with E-state index >= 15 is 0 Å². The number of amides is 1. The molecule has 0 saturated carbocycles. The van der Waals surface area contributed by atoms with Crippen LogP contribution in [0.2, 0.25) is 0 Å². The van der Waals surface area contributed by atoms with Crippen LogP contribution in [0.1, 0.15) is 30.8 Å². The van der Waals surface area contributed by atoms with Crippen molar-refractivity contribution < 1.29 is 14.3 Å². The van der Waals surface area contributed by atoms with Crippen LogP contribution in [0.4, 0.5) is 0 Å². The van der Waals surface area contributed by atoms with Crippen molar-refractivity contribution in [1.29, 1.82) is 0 Å². The zero-order valence-electron chi connectivity index (χ0n) is 12.1. The number of esters is 1. The highest BCUT2D eigenvalue weighted by molar-refractivity contribution is 5.83. The Balaban J connectivity index is 2.96. The molecule has 0 aliphatic carbocycles. The van der Waals surface area contributed by atoms with Crippen LogP contribution in [-0.2, 0) is 27.3 Å². The van der Waals surface area contributed by atoms with Gasteiger partial charge in [0, 0.05) is 12.6 Å². The van der Waals surface area contributed by atoms with Gasteiger partial charge in [0.05, 0.1) is 19.3 Å². The lowest BCUT2D eigenvalue weighted by Crippen LogP contribution is -2.43. The topological polar surface area (TPSA) is 73.2 Å². The van der Waals surface area contributed by atoms with Crippen molar-refractivity contribution in [2.45, 2.75) is 46.7 Å². The summed E-state index contributed by atoms with van der Waals surface area (Å²) in [7, 11) is 1.30.